The van der Waals surface area contributed by atoms with E-state index in [0.29, 0.717) is 6.04 Å². The minimum atomic E-state index is 0.224. The van der Waals surface area contributed by atoms with Crippen molar-refractivity contribution in [3.8, 4) is 0 Å². The number of benzene rings is 1. The van der Waals surface area contributed by atoms with Crippen molar-refractivity contribution in [2.24, 2.45) is 0 Å². The largest absolute Gasteiger partial charge is 0.354 e. The van der Waals surface area contributed by atoms with E-state index in [-0.39, 0.29) is 5.54 Å². The summed E-state index contributed by atoms with van der Waals surface area (Å²) in [5, 5.41) is 0. The van der Waals surface area contributed by atoms with Crippen LogP contribution in [-0.4, -0.2) is 4.37 Å². The van der Waals surface area contributed by atoms with Crippen molar-refractivity contribution in [2.45, 2.75) is 51.1 Å². The van der Waals surface area contributed by atoms with E-state index in [2.05, 4.69) is 53.6 Å². The fourth-order valence-electron chi connectivity index (χ4n) is 4.22. The van der Waals surface area contributed by atoms with Crippen molar-refractivity contribution in [1.82, 2.24) is 4.37 Å². The van der Waals surface area contributed by atoms with Crippen LogP contribution in [0.1, 0.15) is 54.7 Å². The molecule has 0 amide bonds. The number of hydrogen-bond acceptors (Lipinski definition) is 3. The summed E-state index contributed by atoms with van der Waals surface area (Å²) in [6.45, 7) is 4.57. The molecule has 1 unspecified atom stereocenters. The van der Waals surface area contributed by atoms with Crippen LogP contribution in [0.5, 0.6) is 0 Å². The molecule has 0 bridgehead atoms. The van der Waals surface area contributed by atoms with Gasteiger partial charge in [-0.25, -0.2) is 4.37 Å². The normalized spacial score (nSPS) is 23.5. The second-order valence-electron chi connectivity index (χ2n) is 6.18. The molecule has 1 aliphatic heterocycles. The van der Waals surface area contributed by atoms with E-state index in [0.717, 1.165) is 0 Å². The average molecular weight is 284 g/mol. The zero-order chi connectivity index (χ0) is 13.7. The molecule has 1 atom stereocenters. The molecule has 0 N–H and O–H groups in total. The van der Waals surface area contributed by atoms with E-state index in [1.807, 2.05) is 0 Å². The van der Waals surface area contributed by atoms with E-state index >= 15 is 0 Å². The Morgan fingerprint density at radius 3 is 2.75 bits per heavy atom. The lowest BCUT2D eigenvalue weighted by Gasteiger charge is -2.40. The highest BCUT2D eigenvalue weighted by Crippen LogP contribution is 2.57. The Labute approximate surface area is 124 Å². The molecule has 2 heterocycles. The van der Waals surface area contributed by atoms with Gasteiger partial charge in [-0.2, -0.15) is 0 Å². The molecule has 3 heteroatoms. The first kappa shape index (κ1) is 12.4. The smallest absolute Gasteiger partial charge is 0.0771 e. The van der Waals surface area contributed by atoms with E-state index in [4.69, 9.17) is 0 Å². The van der Waals surface area contributed by atoms with Crippen LogP contribution in [0.15, 0.2) is 30.5 Å². The summed E-state index contributed by atoms with van der Waals surface area (Å²) in [7, 11) is 0. The number of aromatic nitrogens is 1. The van der Waals surface area contributed by atoms with E-state index in [9.17, 15) is 0 Å². The molecule has 2 nitrogen and oxygen atoms in total. The van der Waals surface area contributed by atoms with Gasteiger partial charge in [0.1, 0.15) is 0 Å². The van der Waals surface area contributed by atoms with Gasteiger partial charge in [-0.05, 0) is 49.9 Å². The molecule has 2 aliphatic rings. The maximum Gasteiger partial charge on any atom is 0.0771 e. The summed E-state index contributed by atoms with van der Waals surface area (Å²) < 4.78 is 4.48. The Balaban J connectivity index is 1.91. The lowest BCUT2D eigenvalue weighted by Crippen LogP contribution is -2.40. The van der Waals surface area contributed by atoms with Crippen molar-refractivity contribution < 1.29 is 0 Å². The molecule has 0 saturated heterocycles. The summed E-state index contributed by atoms with van der Waals surface area (Å²) in [5.41, 5.74) is 4.47. The maximum absolute atomic E-state index is 4.48. The number of nitrogens with zero attached hydrogens (tertiary/aromatic N) is 2. The molecule has 1 saturated carbocycles. The second-order valence-corrected chi connectivity index (χ2v) is 6.98. The van der Waals surface area contributed by atoms with E-state index < -0.39 is 0 Å². The van der Waals surface area contributed by atoms with Gasteiger partial charge in [-0.1, -0.05) is 31.0 Å². The maximum atomic E-state index is 4.48. The molecule has 0 radical (unpaired) electrons. The number of rotatable bonds is 1. The van der Waals surface area contributed by atoms with Crippen LogP contribution in [0.3, 0.4) is 0 Å². The van der Waals surface area contributed by atoms with E-state index in [1.54, 1.807) is 11.5 Å². The van der Waals surface area contributed by atoms with Crippen LogP contribution in [0.25, 0.3) is 0 Å². The standard InChI is InChI=1S/C17H20N2S/c1-12-7-3-4-8-15(12)19-13(2)14-11-18-20-16(14)17(19)9-5-6-10-17/h3-4,7-8,11,13H,5-6,9-10H2,1-2H3. The Morgan fingerprint density at radius 2 is 2.00 bits per heavy atom. The Kier molecular flexibility index (Phi) is 2.68. The quantitative estimate of drug-likeness (QED) is 0.747. The summed E-state index contributed by atoms with van der Waals surface area (Å²) in [4.78, 5) is 4.23. The van der Waals surface area contributed by atoms with E-state index in [1.165, 1.54) is 47.4 Å². The van der Waals surface area contributed by atoms with Crippen molar-refractivity contribution >= 4 is 17.2 Å². The fourth-order valence-corrected chi connectivity index (χ4v) is 5.29. The third-order valence-electron chi connectivity index (χ3n) is 5.12. The van der Waals surface area contributed by atoms with Gasteiger partial charge >= 0.3 is 0 Å². The van der Waals surface area contributed by atoms with Gasteiger partial charge in [0, 0.05) is 17.4 Å². The first-order valence-electron chi connectivity index (χ1n) is 7.54. The van der Waals surface area contributed by atoms with Gasteiger partial charge in [0.05, 0.1) is 16.5 Å². The predicted molar refractivity (Wildman–Crippen MR) is 84.3 cm³/mol. The molecule has 1 aromatic carbocycles. The van der Waals surface area contributed by atoms with Crippen LogP contribution < -0.4 is 4.90 Å². The van der Waals surface area contributed by atoms with Crippen LogP contribution in [0.2, 0.25) is 0 Å². The van der Waals surface area contributed by atoms with Crippen LogP contribution in [-0.2, 0) is 5.54 Å². The Bertz CT molecular complexity index is 640. The number of hydrogen-bond donors (Lipinski definition) is 0. The summed E-state index contributed by atoms with van der Waals surface area (Å²) in [5.74, 6) is 0. The topological polar surface area (TPSA) is 16.1 Å². The SMILES string of the molecule is Cc1ccccc1N1C(C)c2cnsc2C12CCCC2. The van der Waals surface area contributed by atoms with Crippen molar-refractivity contribution in [2.75, 3.05) is 4.90 Å². The van der Waals surface area contributed by atoms with Gasteiger partial charge in [0.2, 0.25) is 0 Å². The molecule has 104 valence electrons. The summed E-state index contributed by atoms with van der Waals surface area (Å²) >= 11 is 1.72. The lowest BCUT2D eigenvalue weighted by molar-refractivity contribution is 0.421. The monoisotopic (exact) mass is 284 g/mol. The lowest BCUT2D eigenvalue weighted by atomic mass is 9.94. The van der Waals surface area contributed by atoms with Crippen LogP contribution >= 0.6 is 11.5 Å². The van der Waals surface area contributed by atoms with Gasteiger partial charge in [0.15, 0.2) is 0 Å². The zero-order valence-corrected chi connectivity index (χ0v) is 12.9. The number of anilines is 1. The molecule has 1 spiro atoms. The number of aryl methyl sites for hydroxylation is 1. The number of fused-ring (bicyclic) bond motifs is 2. The third kappa shape index (κ3) is 1.47. The number of para-hydroxylation sites is 1. The highest BCUT2D eigenvalue weighted by Gasteiger charge is 2.51. The third-order valence-corrected chi connectivity index (χ3v) is 6.13. The second kappa shape index (κ2) is 4.32. The van der Waals surface area contributed by atoms with Crippen molar-refractivity contribution in [3.63, 3.8) is 0 Å². The van der Waals surface area contributed by atoms with Gasteiger partial charge < -0.3 is 4.90 Å². The first-order chi connectivity index (χ1) is 9.74. The highest BCUT2D eigenvalue weighted by molar-refractivity contribution is 7.06. The molecule has 1 aliphatic carbocycles. The predicted octanol–water partition coefficient (Wildman–Crippen LogP) is 4.80. The van der Waals surface area contributed by atoms with Crippen molar-refractivity contribution in [1.29, 1.82) is 0 Å². The van der Waals surface area contributed by atoms with Crippen LogP contribution in [0.4, 0.5) is 5.69 Å². The average Bonchev–Trinajstić information content (AvgIpc) is 3.12. The molecular formula is C17H20N2S. The van der Waals surface area contributed by atoms with Gasteiger partial charge in [0.25, 0.3) is 0 Å². The minimum absolute atomic E-state index is 0.224. The highest BCUT2D eigenvalue weighted by atomic mass is 32.1. The summed E-state index contributed by atoms with van der Waals surface area (Å²) in [6, 6.07) is 9.27. The molecule has 20 heavy (non-hydrogen) atoms. The fraction of sp³-hybridized carbons (Fsp3) is 0.471. The molecule has 1 fully saturated rings. The molecule has 2 aromatic rings. The molecule has 4 rings (SSSR count). The van der Waals surface area contributed by atoms with Gasteiger partial charge in [-0.15, -0.1) is 0 Å². The Hall–Kier alpha value is -1.35. The van der Waals surface area contributed by atoms with Gasteiger partial charge in [-0.3, -0.25) is 0 Å². The Morgan fingerprint density at radius 1 is 1.25 bits per heavy atom. The zero-order valence-electron chi connectivity index (χ0n) is 12.1. The first-order valence-corrected chi connectivity index (χ1v) is 8.31. The van der Waals surface area contributed by atoms with Crippen LogP contribution in [0, 0.1) is 6.92 Å². The van der Waals surface area contributed by atoms with Crippen molar-refractivity contribution in [3.05, 3.63) is 46.5 Å². The summed E-state index contributed by atoms with van der Waals surface area (Å²) in [6.07, 6.45) is 7.34. The minimum Gasteiger partial charge on any atom is -0.354 e. The molecule has 1 aromatic heterocycles. The molecular weight excluding hydrogens is 264 g/mol.